The zero-order valence-corrected chi connectivity index (χ0v) is 8.44. The summed E-state index contributed by atoms with van der Waals surface area (Å²) in [7, 11) is 0. The fourth-order valence-corrected chi connectivity index (χ4v) is 1.87. The van der Waals surface area contributed by atoms with E-state index in [0.29, 0.717) is 27.6 Å². The summed E-state index contributed by atoms with van der Waals surface area (Å²) >= 11 is 0. The third kappa shape index (κ3) is 1.11. The van der Waals surface area contributed by atoms with Crippen molar-refractivity contribution >= 4 is 27.6 Å². The summed E-state index contributed by atoms with van der Waals surface area (Å²) in [6, 6.07) is 12.4. The molecule has 0 bridgehead atoms. The van der Waals surface area contributed by atoms with Gasteiger partial charge in [-0.25, -0.2) is 0 Å². The van der Waals surface area contributed by atoms with Crippen molar-refractivity contribution in [3.8, 4) is 0 Å². The Hall–Kier alpha value is -2.29. The standard InChI is InChI=1S/C13H9NO2/c14-9-5-3-7-11-12(9)13(15)8-4-1-2-6-10(8)16-11/h1-7H,14H2. The molecule has 0 radical (unpaired) electrons. The van der Waals surface area contributed by atoms with E-state index in [1.54, 1.807) is 30.3 Å². The van der Waals surface area contributed by atoms with Crippen LogP contribution in [0.3, 0.4) is 0 Å². The molecule has 0 fully saturated rings. The second-order valence-electron chi connectivity index (χ2n) is 3.65. The summed E-state index contributed by atoms with van der Waals surface area (Å²) in [6.07, 6.45) is 0. The van der Waals surface area contributed by atoms with E-state index < -0.39 is 0 Å². The lowest BCUT2D eigenvalue weighted by atomic mass is 10.1. The van der Waals surface area contributed by atoms with Crippen molar-refractivity contribution in [3.63, 3.8) is 0 Å². The van der Waals surface area contributed by atoms with Crippen LogP contribution in [0.1, 0.15) is 0 Å². The van der Waals surface area contributed by atoms with Crippen molar-refractivity contribution < 1.29 is 4.42 Å². The van der Waals surface area contributed by atoms with Crippen LogP contribution in [-0.4, -0.2) is 0 Å². The molecule has 2 N–H and O–H groups in total. The van der Waals surface area contributed by atoms with E-state index in [0.717, 1.165) is 0 Å². The number of fused-ring (bicyclic) bond motifs is 2. The van der Waals surface area contributed by atoms with Gasteiger partial charge in [0.05, 0.1) is 10.8 Å². The van der Waals surface area contributed by atoms with Crippen LogP contribution in [0, 0.1) is 0 Å². The molecule has 3 heteroatoms. The van der Waals surface area contributed by atoms with Gasteiger partial charge in [-0.2, -0.15) is 0 Å². The zero-order chi connectivity index (χ0) is 11.1. The fraction of sp³-hybridized carbons (Fsp3) is 0. The van der Waals surface area contributed by atoms with Gasteiger partial charge in [-0.05, 0) is 24.3 Å². The number of anilines is 1. The highest BCUT2D eigenvalue weighted by Crippen LogP contribution is 2.21. The summed E-state index contributed by atoms with van der Waals surface area (Å²) in [6.45, 7) is 0. The molecule has 0 aliphatic heterocycles. The molecular formula is C13H9NO2. The summed E-state index contributed by atoms with van der Waals surface area (Å²) in [5, 5.41) is 1.02. The predicted molar refractivity (Wildman–Crippen MR) is 64.4 cm³/mol. The van der Waals surface area contributed by atoms with Gasteiger partial charge < -0.3 is 10.2 Å². The van der Waals surface area contributed by atoms with Crippen LogP contribution >= 0.6 is 0 Å². The van der Waals surface area contributed by atoms with Gasteiger partial charge in [0.15, 0.2) is 0 Å². The maximum Gasteiger partial charge on any atom is 0.202 e. The Morgan fingerprint density at radius 3 is 2.56 bits per heavy atom. The molecule has 1 heterocycles. The Morgan fingerprint density at radius 2 is 1.69 bits per heavy atom. The first-order valence-electron chi connectivity index (χ1n) is 4.97. The molecule has 0 aliphatic rings. The molecule has 0 atom stereocenters. The topological polar surface area (TPSA) is 56.2 Å². The third-order valence-corrected chi connectivity index (χ3v) is 2.64. The molecule has 1 aromatic heterocycles. The molecule has 16 heavy (non-hydrogen) atoms. The molecule has 0 saturated carbocycles. The molecule has 0 aliphatic carbocycles. The molecule has 3 nitrogen and oxygen atoms in total. The van der Waals surface area contributed by atoms with Crippen molar-refractivity contribution in [1.29, 1.82) is 0 Å². The lowest BCUT2D eigenvalue weighted by molar-refractivity contribution is 0.660. The van der Waals surface area contributed by atoms with Crippen LogP contribution in [0.5, 0.6) is 0 Å². The van der Waals surface area contributed by atoms with Gasteiger partial charge in [-0.3, -0.25) is 4.79 Å². The van der Waals surface area contributed by atoms with Crippen molar-refractivity contribution in [2.24, 2.45) is 0 Å². The van der Waals surface area contributed by atoms with E-state index in [1.165, 1.54) is 0 Å². The Labute approximate surface area is 91.1 Å². The van der Waals surface area contributed by atoms with Gasteiger partial charge >= 0.3 is 0 Å². The first-order chi connectivity index (χ1) is 7.77. The Balaban J connectivity index is 2.67. The summed E-state index contributed by atoms with van der Waals surface area (Å²) in [4.78, 5) is 12.2. The van der Waals surface area contributed by atoms with E-state index in [9.17, 15) is 4.79 Å². The highest BCUT2D eigenvalue weighted by Gasteiger charge is 2.08. The van der Waals surface area contributed by atoms with Gasteiger partial charge in [0.25, 0.3) is 0 Å². The number of nitrogen functional groups attached to an aromatic ring is 1. The monoisotopic (exact) mass is 211 g/mol. The molecule has 0 spiro atoms. The maximum absolute atomic E-state index is 12.2. The first-order valence-corrected chi connectivity index (χ1v) is 4.97. The molecular weight excluding hydrogens is 202 g/mol. The second kappa shape index (κ2) is 3.10. The highest BCUT2D eigenvalue weighted by atomic mass is 16.3. The van der Waals surface area contributed by atoms with E-state index in [1.807, 2.05) is 12.1 Å². The largest absolute Gasteiger partial charge is 0.456 e. The normalized spacial score (nSPS) is 11.0. The molecule has 3 aromatic rings. The first kappa shape index (κ1) is 8.97. The molecule has 3 rings (SSSR count). The third-order valence-electron chi connectivity index (χ3n) is 2.64. The van der Waals surface area contributed by atoms with E-state index in [4.69, 9.17) is 10.2 Å². The number of hydrogen-bond donors (Lipinski definition) is 1. The summed E-state index contributed by atoms with van der Waals surface area (Å²) in [5.41, 5.74) is 7.29. The van der Waals surface area contributed by atoms with E-state index in [2.05, 4.69) is 0 Å². The van der Waals surface area contributed by atoms with Crippen molar-refractivity contribution in [3.05, 3.63) is 52.7 Å². The molecule has 0 unspecified atom stereocenters. The van der Waals surface area contributed by atoms with Gasteiger partial charge in [-0.1, -0.05) is 18.2 Å². The number of para-hydroxylation sites is 1. The van der Waals surface area contributed by atoms with Crippen LogP contribution in [-0.2, 0) is 0 Å². The van der Waals surface area contributed by atoms with Crippen molar-refractivity contribution in [1.82, 2.24) is 0 Å². The quantitative estimate of drug-likeness (QED) is 0.459. The Morgan fingerprint density at radius 1 is 0.938 bits per heavy atom. The van der Waals surface area contributed by atoms with Crippen LogP contribution in [0.4, 0.5) is 5.69 Å². The number of hydrogen-bond acceptors (Lipinski definition) is 3. The fourth-order valence-electron chi connectivity index (χ4n) is 1.87. The van der Waals surface area contributed by atoms with Crippen LogP contribution in [0.2, 0.25) is 0 Å². The second-order valence-corrected chi connectivity index (χ2v) is 3.65. The van der Waals surface area contributed by atoms with Gasteiger partial charge in [-0.15, -0.1) is 0 Å². The van der Waals surface area contributed by atoms with Crippen molar-refractivity contribution in [2.45, 2.75) is 0 Å². The van der Waals surface area contributed by atoms with Gasteiger partial charge in [0, 0.05) is 5.69 Å². The number of rotatable bonds is 0. The lowest BCUT2D eigenvalue weighted by Gasteiger charge is -2.02. The van der Waals surface area contributed by atoms with Crippen LogP contribution < -0.4 is 11.2 Å². The minimum absolute atomic E-state index is 0.0741. The lowest BCUT2D eigenvalue weighted by Crippen LogP contribution is -2.04. The maximum atomic E-state index is 12.2. The van der Waals surface area contributed by atoms with E-state index >= 15 is 0 Å². The molecule has 0 saturated heterocycles. The molecule has 78 valence electrons. The van der Waals surface area contributed by atoms with Gasteiger partial charge in [0.1, 0.15) is 11.2 Å². The summed E-state index contributed by atoms with van der Waals surface area (Å²) < 4.78 is 5.63. The molecule has 0 amide bonds. The van der Waals surface area contributed by atoms with Gasteiger partial charge in [0.2, 0.25) is 5.43 Å². The minimum Gasteiger partial charge on any atom is -0.456 e. The average Bonchev–Trinajstić information content (AvgIpc) is 2.29. The summed E-state index contributed by atoms with van der Waals surface area (Å²) in [5.74, 6) is 0. The number of nitrogens with two attached hydrogens (primary N) is 1. The molecule has 2 aromatic carbocycles. The minimum atomic E-state index is -0.0741. The SMILES string of the molecule is Nc1cccc2oc3ccccc3c(=O)c12. The van der Waals surface area contributed by atoms with Crippen LogP contribution in [0.15, 0.2) is 51.7 Å². The van der Waals surface area contributed by atoms with Crippen molar-refractivity contribution in [2.75, 3.05) is 5.73 Å². The highest BCUT2D eigenvalue weighted by molar-refractivity contribution is 5.96. The van der Waals surface area contributed by atoms with E-state index in [-0.39, 0.29) is 5.43 Å². The Bertz CT molecular complexity index is 744. The Kier molecular flexibility index (Phi) is 1.74. The van der Waals surface area contributed by atoms with Crippen LogP contribution in [0.25, 0.3) is 21.9 Å². The smallest absolute Gasteiger partial charge is 0.202 e. The predicted octanol–water partition coefficient (Wildman–Crippen LogP) is 2.53. The zero-order valence-electron chi connectivity index (χ0n) is 8.44. The average molecular weight is 211 g/mol. The number of benzene rings is 2.